The van der Waals surface area contributed by atoms with Crippen molar-refractivity contribution >= 4 is 23.4 Å². The summed E-state index contributed by atoms with van der Waals surface area (Å²) in [6.07, 6.45) is 0. The predicted octanol–water partition coefficient (Wildman–Crippen LogP) is 1.20. The van der Waals surface area contributed by atoms with Crippen LogP contribution in [0.5, 0.6) is 0 Å². The molecule has 0 radical (unpaired) electrons. The Balaban J connectivity index is 2.49. The number of likely N-dealkylation sites (N-methyl/N-ethyl adjacent to an activating group) is 1. The molecule has 0 aliphatic heterocycles. The number of rotatable bonds is 8. The summed E-state index contributed by atoms with van der Waals surface area (Å²) < 4.78 is 0. The van der Waals surface area contributed by atoms with Gasteiger partial charge in [-0.05, 0) is 52.8 Å². The van der Waals surface area contributed by atoms with E-state index in [-0.39, 0.29) is 36.9 Å². The Morgan fingerprint density at radius 1 is 1.04 bits per heavy atom. The Hall–Kier alpha value is -2.41. The highest BCUT2D eigenvalue weighted by atomic mass is 16.2. The van der Waals surface area contributed by atoms with E-state index in [4.69, 9.17) is 0 Å². The van der Waals surface area contributed by atoms with Crippen LogP contribution in [0.25, 0.3) is 0 Å². The molecule has 0 fully saturated rings. The number of hydrogen-bond donors (Lipinski definition) is 3. The third-order valence-corrected chi connectivity index (χ3v) is 4.05. The van der Waals surface area contributed by atoms with E-state index in [0.29, 0.717) is 0 Å². The molecule has 1 aromatic carbocycles. The molecule has 26 heavy (non-hydrogen) atoms. The number of benzene rings is 1. The molecule has 1 atom stereocenters. The summed E-state index contributed by atoms with van der Waals surface area (Å²) in [5.41, 5.74) is 2.70. The van der Waals surface area contributed by atoms with Crippen LogP contribution in [-0.4, -0.2) is 54.8 Å². The van der Waals surface area contributed by atoms with Crippen molar-refractivity contribution in [1.29, 1.82) is 0 Å². The first kappa shape index (κ1) is 21.6. The Bertz CT molecular complexity index is 638. The molecule has 144 valence electrons. The van der Waals surface area contributed by atoms with E-state index in [1.807, 2.05) is 45.9 Å². The molecule has 7 nitrogen and oxygen atoms in total. The van der Waals surface area contributed by atoms with Gasteiger partial charge < -0.3 is 16.0 Å². The maximum atomic E-state index is 12.2. The first-order valence-corrected chi connectivity index (χ1v) is 8.75. The quantitative estimate of drug-likeness (QED) is 0.648. The van der Waals surface area contributed by atoms with Gasteiger partial charge in [-0.2, -0.15) is 0 Å². The fraction of sp³-hybridized carbons (Fsp3) is 0.526. The predicted molar refractivity (Wildman–Crippen MR) is 103 cm³/mol. The number of carbonyl (C=O) groups excluding carboxylic acids is 3. The highest BCUT2D eigenvalue weighted by Crippen LogP contribution is 2.18. The molecule has 0 unspecified atom stereocenters. The Labute approximate surface area is 155 Å². The summed E-state index contributed by atoms with van der Waals surface area (Å²) in [5.74, 6) is -0.737. The van der Waals surface area contributed by atoms with E-state index < -0.39 is 6.04 Å². The van der Waals surface area contributed by atoms with Crippen LogP contribution in [0.3, 0.4) is 0 Å². The number of anilines is 1. The molecule has 1 rings (SSSR count). The SMILES string of the molecule is Cc1cccc(C)c1NC(=O)CNC(=O)[C@@H](C)N(C)CC(=O)NC(C)C. The lowest BCUT2D eigenvalue weighted by molar-refractivity contribution is -0.129. The zero-order valence-electron chi connectivity index (χ0n) is 16.5. The van der Waals surface area contributed by atoms with E-state index in [9.17, 15) is 14.4 Å². The van der Waals surface area contributed by atoms with Crippen molar-refractivity contribution in [2.75, 3.05) is 25.5 Å². The molecule has 0 aromatic heterocycles. The van der Waals surface area contributed by atoms with E-state index in [0.717, 1.165) is 16.8 Å². The summed E-state index contributed by atoms with van der Waals surface area (Å²) in [6, 6.07) is 5.28. The standard InChI is InChI=1S/C19H30N4O3/c1-12(2)21-17(25)11-23(6)15(5)19(26)20-10-16(24)22-18-13(3)8-7-9-14(18)4/h7-9,12,15H,10-11H2,1-6H3,(H,20,26)(H,21,25)(H,22,24)/t15-/m1/s1. The van der Waals surface area contributed by atoms with Crippen molar-refractivity contribution in [3.8, 4) is 0 Å². The molecular weight excluding hydrogens is 332 g/mol. The van der Waals surface area contributed by atoms with Crippen molar-refractivity contribution in [1.82, 2.24) is 15.5 Å². The first-order valence-electron chi connectivity index (χ1n) is 8.75. The molecule has 0 heterocycles. The molecule has 0 aliphatic carbocycles. The molecule has 0 spiro atoms. The van der Waals surface area contributed by atoms with Gasteiger partial charge >= 0.3 is 0 Å². The summed E-state index contributed by atoms with van der Waals surface area (Å²) in [4.78, 5) is 37.7. The van der Waals surface area contributed by atoms with Gasteiger partial charge in [0, 0.05) is 11.7 Å². The average Bonchev–Trinajstić information content (AvgIpc) is 2.54. The number of nitrogens with one attached hydrogen (secondary N) is 3. The van der Waals surface area contributed by atoms with Gasteiger partial charge in [-0.1, -0.05) is 18.2 Å². The van der Waals surface area contributed by atoms with E-state index in [2.05, 4.69) is 16.0 Å². The third-order valence-electron chi connectivity index (χ3n) is 4.05. The second-order valence-electron chi connectivity index (χ2n) is 6.85. The largest absolute Gasteiger partial charge is 0.353 e. The second kappa shape index (κ2) is 9.91. The van der Waals surface area contributed by atoms with Crippen molar-refractivity contribution in [2.24, 2.45) is 0 Å². The Kier molecular flexibility index (Phi) is 8.25. The van der Waals surface area contributed by atoms with Gasteiger partial charge in [0.1, 0.15) is 0 Å². The zero-order chi connectivity index (χ0) is 19.9. The fourth-order valence-corrected chi connectivity index (χ4v) is 2.44. The van der Waals surface area contributed by atoms with Crippen LogP contribution in [0.15, 0.2) is 18.2 Å². The van der Waals surface area contributed by atoms with Gasteiger partial charge in [-0.25, -0.2) is 0 Å². The third kappa shape index (κ3) is 6.84. The minimum Gasteiger partial charge on any atom is -0.353 e. The maximum Gasteiger partial charge on any atom is 0.243 e. The molecule has 3 amide bonds. The monoisotopic (exact) mass is 362 g/mol. The number of carbonyl (C=O) groups is 3. The van der Waals surface area contributed by atoms with Gasteiger partial charge in [-0.15, -0.1) is 0 Å². The lowest BCUT2D eigenvalue weighted by Gasteiger charge is -2.23. The van der Waals surface area contributed by atoms with Crippen molar-refractivity contribution in [3.63, 3.8) is 0 Å². The number of para-hydroxylation sites is 1. The van der Waals surface area contributed by atoms with Crippen molar-refractivity contribution in [2.45, 2.75) is 46.7 Å². The molecule has 1 aromatic rings. The fourth-order valence-electron chi connectivity index (χ4n) is 2.44. The van der Waals surface area contributed by atoms with Gasteiger partial charge in [0.15, 0.2) is 0 Å². The number of aryl methyl sites for hydroxylation is 2. The summed E-state index contributed by atoms with van der Waals surface area (Å²) in [7, 11) is 1.70. The van der Waals surface area contributed by atoms with Crippen LogP contribution in [0, 0.1) is 13.8 Å². The van der Waals surface area contributed by atoms with Gasteiger partial charge in [0.2, 0.25) is 17.7 Å². The average molecular weight is 362 g/mol. The highest BCUT2D eigenvalue weighted by molar-refractivity contribution is 5.96. The summed E-state index contributed by atoms with van der Waals surface area (Å²) >= 11 is 0. The number of amides is 3. The molecule has 0 saturated heterocycles. The lowest BCUT2D eigenvalue weighted by Crippen LogP contribution is -2.49. The zero-order valence-corrected chi connectivity index (χ0v) is 16.5. The van der Waals surface area contributed by atoms with E-state index in [1.54, 1.807) is 18.9 Å². The van der Waals surface area contributed by atoms with E-state index >= 15 is 0 Å². The highest BCUT2D eigenvalue weighted by Gasteiger charge is 2.21. The van der Waals surface area contributed by atoms with E-state index in [1.165, 1.54) is 0 Å². The molecule has 0 aliphatic rings. The Morgan fingerprint density at radius 2 is 1.62 bits per heavy atom. The van der Waals surface area contributed by atoms with Crippen LogP contribution >= 0.6 is 0 Å². The lowest BCUT2D eigenvalue weighted by atomic mass is 10.1. The van der Waals surface area contributed by atoms with Crippen LogP contribution < -0.4 is 16.0 Å². The molecule has 0 bridgehead atoms. The first-order chi connectivity index (χ1) is 12.1. The van der Waals surface area contributed by atoms with Gasteiger partial charge in [0.05, 0.1) is 19.1 Å². The topological polar surface area (TPSA) is 90.5 Å². The second-order valence-corrected chi connectivity index (χ2v) is 6.85. The van der Waals surface area contributed by atoms with Crippen molar-refractivity contribution < 1.29 is 14.4 Å². The molecule has 0 saturated carbocycles. The summed E-state index contributed by atoms with van der Waals surface area (Å²) in [5, 5.41) is 8.22. The van der Waals surface area contributed by atoms with Crippen LogP contribution in [0.1, 0.15) is 31.9 Å². The maximum absolute atomic E-state index is 12.2. The van der Waals surface area contributed by atoms with Gasteiger partial charge in [0.25, 0.3) is 0 Å². The molecule has 7 heteroatoms. The minimum atomic E-state index is -0.527. The van der Waals surface area contributed by atoms with Crippen LogP contribution in [-0.2, 0) is 14.4 Å². The van der Waals surface area contributed by atoms with Crippen LogP contribution in [0.4, 0.5) is 5.69 Å². The Morgan fingerprint density at radius 3 is 2.15 bits per heavy atom. The van der Waals surface area contributed by atoms with Gasteiger partial charge in [-0.3, -0.25) is 19.3 Å². The minimum absolute atomic E-state index is 0.0497. The number of hydrogen-bond acceptors (Lipinski definition) is 4. The number of nitrogens with zero attached hydrogens (tertiary/aromatic N) is 1. The normalized spacial score (nSPS) is 12.0. The van der Waals surface area contributed by atoms with Crippen molar-refractivity contribution in [3.05, 3.63) is 29.3 Å². The molecular formula is C19H30N4O3. The van der Waals surface area contributed by atoms with Crippen LogP contribution in [0.2, 0.25) is 0 Å². The smallest absolute Gasteiger partial charge is 0.243 e. The summed E-state index contributed by atoms with van der Waals surface area (Å²) in [6.45, 7) is 9.28. The molecule has 3 N–H and O–H groups in total.